The second-order valence-electron chi connectivity index (χ2n) is 31.8. The highest BCUT2D eigenvalue weighted by Crippen LogP contribution is 2.28. The van der Waals surface area contributed by atoms with Crippen LogP contribution < -0.4 is 34.0 Å². The number of carbonyl (C=O) groups is 12. The first-order valence-corrected chi connectivity index (χ1v) is 41.7. The zero-order valence-electron chi connectivity index (χ0n) is 71.9. The lowest BCUT2D eigenvalue weighted by Crippen LogP contribution is -2.41. The van der Waals surface area contributed by atoms with E-state index < -0.39 is 160 Å². The molecular weight excluding hydrogens is 1740 g/mol. The third-order valence-electron chi connectivity index (χ3n) is 21.6. The van der Waals surface area contributed by atoms with Crippen molar-refractivity contribution in [1.82, 2.24) is 15.3 Å². The average molecular weight is 1850 g/mol. The molecule has 0 radical (unpaired) electrons. The molecule has 2 aromatic heterocycles. The summed E-state index contributed by atoms with van der Waals surface area (Å²) >= 11 is 0. The number of aromatic nitrogens is 2. The molecule has 6 unspecified atom stereocenters. The van der Waals surface area contributed by atoms with Gasteiger partial charge in [0.15, 0.2) is 58.0 Å². The number of aliphatic carboxylic acids is 6. The minimum absolute atomic E-state index is 0.0421. The van der Waals surface area contributed by atoms with Gasteiger partial charge in [-0.15, -0.1) is 0 Å². The summed E-state index contributed by atoms with van der Waals surface area (Å²) in [5.41, 5.74) is 33.5. The molecule has 132 heavy (non-hydrogen) atoms. The van der Waals surface area contributed by atoms with Crippen LogP contribution in [0.25, 0.3) is 21.8 Å². The van der Waals surface area contributed by atoms with Gasteiger partial charge in [0.25, 0.3) is 0 Å². The van der Waals surface area contributed by atoms with E-state index in [1.807, 2.05) is 54.7 Å². The molecule has 0 bridgehead atoms. The SMILES string of the molecule is C[C@H](N)C(=O)CC(Cc1ccc(F)c(F)c1)C(=O)O.C[C@H](O)[C@@H](N)C(=O)CC(Cc1ccccc1F)C(=O)O.NCC(=O)CC(Cc1ccc(F)c(F)c1)C(=O)O.N[C@@H](Cc1c[nH]c2ccccc12)C(=O)CC(Cc1ccc(F)c(F)c1)C(=O)O.N[C@@H](Cc1c[nH]c2ccccc12)C(=O)CC(Cc1ccccc1F)C(=O)O.O=C(O)C(CC(=O)[C@@H]1CCCN1)Cc1ccccc1F. The maximum Gasteiger partial charge on any atom is 0.307 e. The molecule has 1 aliphatic rings. The van der Waals surface area contributed by atoms with Crippen molar-refractivity contribution >= 4 is 92.3 Å². The first-order chi connectivity index (χ1) is 62.4. The molecule has 0 saturated carbocycles. The van der Waals surface area contributed by atoms with Gasteiger partial charge in [0, 0.05) is 72.7 Å². The van der Waals surface area contributed by atoms with Gasteiger partial charge in [0.2, 0.25) is 0 Å². The number of Topliss-reactive ketones (excluding diaryl/α,β-unsaturated/α-hetero) is 6. The maximum absolute atomic E-state index is 13.8. The highest BCUT2D eigenvalue weighted by atomic mass is 19.2. The number of carboxylic acid groups (broad SMARTS) is 6. The fourth-order valence-electron chi connectivity index (χ4n) is 14.0. The highest BCUT2D eigenvalue weighted by molar-refractivity contribution is 5.93. The van der Waals surface area contributed by atoms with Crippen LogP contribution in [0.5, 0.6) is 0 Å². The number of nitrogens with one attached hydrogen (secondary N) is 3. The van der Waals surface area contributed by atoms with Crippen LogP contribution in [0.4, 0.5) is 39.5 Å². The quantitative estimate of drug-likeness (QED) is 0.0158. The maximum atomic E-state index is 13.8. The Morgan fingerprint density at radius 2 is 0.667 bits per heavy atom. The van der Waals surface area contributed by atoms with E-state index in [1.54, 1.807) is 36.5 Å². The molecule has 1 saturated heterocycles. The number of nitrogens with two attached hydrogens (primary N) is 5. The Morgan fingerprint density at radius 3 is 0.977 bits per heavy atom. The Bertz CT molecular complexity index is 5550. The number of para-hydroxylation sites is 2. The van der Waals surface area contributed by atoms with Crippen LogP contribution >= 0.6 is 0 Å². The van der Waals surface area contributed by atoms with Gasteiger partial charge in [-0.1, -0.05) is 109 Å². The van der Waals surface area contributed by atoms with Crippen LogP contribution in [0.2, 0.25) is 0 Å². The van der Waals surface area contributed by atoms with Gasteiger partial charge in [-0.25, -0.2) is 39.5 Å². The monoisotopic (exact) mass is 1840 g/mol. The van der Waals surface area contributed by atoms with Crippen LogP contribution in [0.1, 0.15) is 110 Å². The Morgan fingerprint density at radius 1 is 0.356 bits per heavy atom. The second-order valence-corrected chi connectivity index (χ2v) is 31.8. The van der Waals surface area contributed by atoms with Gasteiger partial charge in [-0.05, 0) is 196 Å². The Balaban J connectivity index is 0.000000246. The van der Waals surface area contributed by atoms with Crippen molar-refractivity contribution in [3.8, 4) is 0 Å². The number of aliphatic hydroxyl groups excluding tert-OH is 1. The lowest BCUT2D eigenvalue weighted by molar-refractivity contribution is -0.144. The minimum atomic E-state index is -1.20. The van der Waals surface area contributed by atoms with Crippen molar-refractivity contribution in [3.05, 3.63) is 285 Å². The highest BCUT2D eigenvalue weighted by Gasteiger charge is 2.33. The van der Waals surface area contributed by atoms with E-state index in [0.717, 1.165) is 88.7 Å². The zero-order valence-corrected chi connectivity index (χ0v) is 71.9. The molecule has 27 nitrogen and oxygen atoms in total. The summed E-state index contributed by atoms with van der Waals surface area (Å²) in [6.45, 7) is 3.39. The standard InChI is InChI=1S/C21H20F2N2O3.C21H21FN2O3.C15H18FNO3.C14H18FNO4.C13H15F2NO3.C12H13F2NO3/c22-16-6-5-12(8-17(16)23)7-13(21(27)28)10-20(26)18(24)9-14-11-25-19-4-2-1-3-15(14)19;22-17-7-3-1-5-13(17)9-14(21(26)27)11-20(25)18(23)10-15-12-24-19-8-4-2-6-16(15)19;16-12-5-2-1-4-10(12)8-11(15(19)20)9-14(18)13-6-3-7-17-13;1-8(17)13(16)12(18)7-10(14(19)20)6-9-4-2-3-5-11(9)15;1-7(16)12(17)6-9(13(18)19)4-8-2-3-10(14)11(15)5-8;13-10-2-1-7(4-11(10)14)3-8(12(17)18)5-9(16)6-15/h1-6,8,11,13,18,25H,7,9-10,24H2,(H,27,28);1-8,12,14,18,24H,9-11,23H2,(H,26,27);1-2,4-5,11,13,17H,3,6-9H2,(H,19,20);2-5,8,10,13,17H,6-7,16H2,1H3,(H,19,20);2-3,5,7,9H,4,6,16H2,1H3,(H,18,19);1-2,4,8H,3,5-6,15H2,(H,17,18)/t13?,18-;14?,18-;11?,13-;8-,10?,13+;7-,9?;/m00000./s1. The number of H-pyrrole nitrogens is 2. The number of carboxylic acids is 6. The van der Waals surface area contributed by atoms with Gasteiger partial charge in [0.1, 0.15) is 29.0 Å². The number of aliphatic hydroxyl groups is 1. The number of rotatable bonds is 41. The van der Waals surface area contributed by atoms with Crippen LogP contribution in [0.15, 0.2) is 188 Å². The molecule has 1 aliphatic heterocycles. The third kappa shape index (κ3) is 34.9. The molecule has 0 spiro atoms. The second kappa shape index (κ2) is 53.2. The van der Waals surface area contributed by atoms with Crippen molar-refractivity contribution in [2.75, 3.05) is 13.1 Å². The van der Waals surface area contributed by atoms with E-state index in [1.165, 1.54) is 74.5 Å². The Labute approximate surface area is 752 Å². The molecule has 1 fully saturated rings. The number of hydrogen-bond acceptors (Lipinski definition) is 19. The normalized spacial score (nSPS) is 14.6. The summed E-state index contributed by atoms with van der Waals surface area (Å²) in [6.07, 6.45) is 3.20. The fraction of sp³-hybridized carbons (Fsp3) is 0.333. The number of aromatic amines is 2. The summed E-state index contributed by atoms with van der Waals surface area (Å²) in [4.78, 5) is 145. The number of fused-ring (bicyclic) bond motifs is 2. The molecule has 20 N–H and O–H groups in total. The van der Waals surface area contributed by atoms with Crippen molar-refractivity contribution in [2.24, 2.45) is 64.2 Å². The number of ketones is 6. The van der Waals surface area contributed by atoms with Crippen LogP contribution in [0, 0.1) is 87.9 Å². The number of benzene rings is 8. The van der Waals surface area contributed by atoms with E-state index in [2.05, 4.69) is 15.3 Å². The molecule has 10 aromatic rings. The topological polar surface area (TPSA) is 520 Å². The van der Waals surface area contributed by atoms with Gasteiger partial charge in [-0.2, -0.15) is 0 Å². The molecule has 0 aliphatic carbocycles. The van der Waals surface area contributed by atoms with Gasteiger partial charge in [-0.3, -0.25) is 57.5 Å². The fourth-order valence-corrected chi connectivity index (χ4v) is 14.0. The van der Waals surface area contributed by atoms with E-state index in [4.69, 9.17) is 44.0 Å². The summed E-state index contributed by atoms with van der Waals surface area (Å²) < 4.78 is 119. The van der Waals surface area contributed by atoms with Crippen LogP contribution in [-0.4, -0.2) is 166 Å². The smallest absolute Gasteiger partial charge is 0.307 e. The molecule has 3 heterocycles. The van der Waals surface area contributed by atoms with Crippen molar-refractivity contribution in [3.63, 3.8) is 0 Å². The van der Waals surface area contributed by atoms with Crippen LogP contribution in [-0.2, 0) is 109 Å². The molecule has 0 amide bonds. The number of halogens is 9. The lowest BCUT2D eigenvalue weighted by Gasteiger charge is -2.17. The third-order valence-corrected chi connectivity index (χ3v) is 21.6. The Kier molecular flexibility index (Phi) is 43.3. The molecule has 8 aromatic carbocycles. The largest absolute Gasteiger partial charge is 0.481 e. The van der Waals surface area contributed by atoms with Gasteiger partial charge < -0.3 is 79.7 Å². The molecule has 36 heteroatoms. The van der Waals surface area contributed by atoms with Crippen molar-refractivity contribution in [1.29, 1.82) is 0 Å². The number of carbonyl (C=O) groups excluding carboxylic acids is 6. The summed E-state index contributed by atoms with van der Waals surface area (Å²) in [6, 6.07) is 38.9. The van der Waals surface area contributed by atoms with Crippen molar-refractivity contribution in [2.45, 2.75) is 153 Å². The predicted octanol–water partition coefficient (Wildman–Crippen LogP) is 11.5. The minimum Gasteiger partial charge on any atom is -0.481 e. The Hall–Kier alpha value is -13.2. The van der Waals surface area contributed by atoms with Gasteiger partial charge in [0.05, 0.1) is 78.4 Å². The molecule has 706 valence electrons. The van der Waals surface area contributed by atoms with E-state index in [0.29, 0.717) is 28.7 Å². The van der Waals surface area contributed by atoms with E-state index in [9.17, 15) is 117 Å². The van der Waals surface area contributed by atoms with Gasteiger partial charge >= 0.3 is 35.8 Å². The molecule has 12 atom stereocenters. The summed E-state index contributed by atoms with van der Waals surface area (Å²) in [7, 11) is 0. The van der Waals surface area contributed by atoms with Crippen LogP contribution in [0.3, 0.4) is 0 Å². The summed E-state index contributed by atoms with van der Waals surface area (Å²) in [5.74, 6) is -22.6. The first kappa shape index (κ1) is 108. The van der Waals surface area contributed by atoms with E-state index in [-0.39, 0.29) is 136 Å². The average Bonchev–Trinajstić information content (AvgIpc) is 1.66. The van der Waals surface area contributed by atoms with Crippen molar-refractivity contribution < 1.29 is 133 Å². The van der Waals surface area contributed by atoms with E-state index >= 15 is 0 Å². The molecular formula is C96H105F9N8O19. The summed E-state index contributed by atoms with van der Waals surface area (Å²) in [5, 5.41) is 69.4. The number of hydrogen-bond donors (Lipinski definition) is 15. The molecule has 11 rings (SSSR count). The first-order valence-electron chi connectivity index (χ1n) is 41.7. The predicted molar refractivity (Wildman–Crippen MR) is 468 cm³/mol. The zero-order chi connectivity index (χ0) is 97.8. The lowest BCUT2D eigenvalue weighted by atomic mass is 9.90.